The van der Waals surface area contributed by atoms with Gasteiger partial charge in [-0.25, -0.2) is 0 Å². The predicted molar refractivity (Wildman–Crippen MR) is 37.6 cm³/mol. The highest BCUT2D eigenvalue weighted by atomic mass is 16.1. The van der Waals surface area contributed by atoms with Gasteiger partial charge in [-0.2, -0.15) is 0 Å². The average molecular weight is 132 g/mol. The molecule has 10 heavy (non-hydrogen) atoms. The minimum Gasteiger partial charge on any atom is -0.326 e. The van der Waals surface area contributed by atoms with Gasteiger partial charge in [0.2, 0.25) is 5.91 Å². The fraction of sp³-hybridized carbons (Fsp3) is 0.125. The number of carbonyl (C=O) groups is 1. The van der Waals surface area contributed by atoms with Gasteiger partial charge in [0.25, 0.3) is 0 Å². The molecule has 0 atom stereocenters. The van der Waals surface area contributed by atoms with Gasteiger partial charge in [-0.05, 0) is 23.8 Å². The van der Waals surface area contributed by atoms with Crippen LogP contribution in [0.25, 0.3) is 0 Å². The van der Waals surface area contributed by atoms with Crippen LogP contribution in [0.5, 0.6) is 0 Å². The highest BCUT2D eigenvalue weighted by Crippen LogP contribution is 2.20. The molecule has 49 valence electrons. The molecule has 1 aromatic rings. The normalized spacial score (nSPS) is 14.6. The van der Waals surface area contributed by atoms with Crippen molar-refractivity contribution in [1.82, 2.24) is 0 Å². The molecule has 2 rings (SSSR count). The largest absolute Gasteiger partial charge is 0.326 e. The molecular formula is C8H6NO. The van der Waals surface area contributed by atoms with Crippen molar-refractivity contribution in [3.8, 4) is 0 Å². The molecule has 0 spiro atoms. The topological polar surface area (TPSA) is 29.1 Å². The first kappa shape index (κ1) is 5.47. The molecule has 1 aliphatic rings. The molecule has 1 heterocycles. The molecule has 1 aliphatic heterocycles. The highest BCUT2D eigenvalue weighted by Gasteiger charge is 2.15. The Balaban J connectivity index is 2.51. The van der Waals surface area contributed by atoms with Crippen LogP contribution < -0.4 is 5.32 Å². The third-order valence-electron chi connectivity index (χ3n) is 1.57. The van der Waals surface area contributed by atoms with Gasteiger partial charge in [0.1, 0.15) is 0 Å². The number of fused-ring (bicyclic) bond motifs is 1. The second-order valence-electron chi connectivity index (χ2n) is 2.31. The summed E-state index contributed by atoms with van der Waals surface area (Å²) in [5.74, 6) is 0.0783. The zero-order chi connectivity index (χ0) is 6.97. The van der Waals surface area contributed by atoms with E-state index in [1.54, 1.807) is 6.07 Å². The molecule has 0 aliphatic carbocycles. The molecule has 2 heteroatoms. The standard InChI is InChI=1S/C8H6NO/c10-8-5-6-3-1-2-4-7(6)9-8/h2-4H,5H2,(H,9,10). The van der Waals surface area contributed by atoms with E-state index in [0.29, 0.717) is 6.42 Å². The second kappa shape index (κ2) is 1.84. The molecular weight excluding hydrogens is 126 g/mol. The van der Waals surface area contributed by atoms with Crippen molar-refractivity contribution in [2.45, 2.75) is 6.42 Å². The summed E-state index contributed by atoms with van der Waals surface area (Å²) in [5, 5.41) is 2.74. The van der Waals surface area contributed by atoms with Gasteiger partial charge in [0.15, 0.2) is 0 Å². The van der Waals surface area contributed by atoms with Gasteiger partial charge in [-0.1, -0.05) is 6.07 Å². The molecule has 0 fully saturated rings. The summed E-state index contributed by atoms with van der Waals surface area (Å²) in [6.07, 6.45) is 0.507. The van der Waals surface area contributed by atoms with E-state index in [9.17, 15) is 4.79 Å². The maximum absolute atomic E-state index is 10.8. The first-order valence-electron chi connectivity index (χ1n) is 3.15. The Hall–Kier alpha value is -1.31. The maximum atomic E-state index is 10.8. The monoisotopic (exact) mass is 132 g/mol. The number of nitrogens with one attached hydrogen (secondary N) is 1. The number of carbonyl (C=O) groups excluding carboxylic acids is 1. The summed E-state index contributed by atoms with van der Waals surface area (Å²) in [7, 11) is 0. The van der Waals surface area contributed by atoms with Crippen LogP contribution in [-0.4, -0.2) is 5.91 Å². The lowest BCUT2D eigenvalue weighted by Crippen LogP contribution is -2.03. The second-order valence-corrected chi connectivity index (χ2v) is 2.31. The van der Waals surface area contributed by atoms with Gasteiger partial charge in [-0.15, -0.1) is 0 Å². The summed E-state index contributed by atoms with van der Waals surface area (Å²) in [4.78, 5) is 10.8. The van der Waals surface area contributed by atoms with Crippen molar-refractivity contribution in [1.29, 1.82) is 0 Å². The third kappa shape index (κ3) is 0.692. The Morgan fingerprint density at radius 2 is 2.50 bits per heavy atom. The Morgan fingerprint density at radius 3 is 3.30 bits per heavy atom. The van der Waals surface area contributed by atoms with Gasteiger partial charge < -0.3 is 5.32 Å². The lowest BCUT2D eigenvalue weighted by Gasteiger charge is -1.92. The van der Waals surface area contributed by atoms with Crippen LogP contribution in [0, 0.1) is 6.07 Å². The maximum Gasteiger partial charge on any atom is 0.228 e. The van der Waals surface area contributed by atoms with Gasteiger partial charge in [0, 0.05) is 5.69 Å². The quantitative estimate of drug-likeness (QED) is 0.560. The number of hydrogen-bond donors (Lipinski definition) is 1. The van der Waals surface area contributed by atoms with Crippen LogP contribution in [0.3, 0.4) is 0 Å². The van der Waals surface area contributed by atoms with E-state index in [4.69, 9.17) is 0 Å². The summed E-state index contributed by atoms with van der Waals surface area (Å²) in [5.41, 5.74) is 1.98. The zero-order valence-corrected chi connectivity index (χ0v) is 5.35. The van der Waals surface area contributed by atoms with Crippen LogP contribution in [-0.2, 0) is 11.2 Å². The first-order valence-corrected chi connectivity index (χ1v) is 3.15. The molecule has 0 saturated heterocycles. The Bertz CT molecular complexity index is 253. The predicted octanol–water partition coefficient (Wildman–Crippen LogP) is 0.981. The highest BCUT2D eigenvalue weighted by molar-refractivity contribution is 5.98. The molecule has 1 N–H and O–H groups in total. The fourth-order valence-corrected chi connectivity index (χ4v) is 1.10. The van der Waals surface area contributed by atoms with Crippen LogP contribution in [0.1, 0.15) is 5.56 Å². The smallest absolute Gasteiger partial charge is 0.228 e. The lowest BCUT2D eigenvalue weighted by atomic mass is 10.2. The molecule has 0 aromatic heterocycles. The Morgan fingerprint density at radius 1 is 1.60 bits per heavy atom. The minimum atomic E-state index is 0.0783. The van der Waals surface area contributed by atoms with Gasteiger partial charge >= 0.3 is 0 Å². The first-order chi connectivity index (χ1) is 4.86. The van der Waals surface area contributed by atoms with Gasteiger partial charge in [0.05, 0.1) is 6.42 Å². The zero-order valence-electron chi connectivity index (χ0n) is 5.35. The fourth-order valence-electron chi connectivity index (χ4n) is 1.10. The van der Waals surface area contributed by atoms with Crippen molar-refractivity contribution in [3.05, 3.63) is 29.8 Å². The molecule has 1 radical (unpaired) electrons. The average Bonchev–Trinajstić information content (AvgIpc) is 2.27. The van der Waals surface area contributed by atoms with Crippen LogP contribution in [0.4, 0.5) is 5.69 Å². The van der Waals surface area contributed by atoms with E-state index in [1.165, 1.54) is 0 Å². The van der Waals surface area contributed by atoms with Crippen LogP contribution in [0.2, 0.25) is 0 Å². The summed E-state index contributed by atoms with van der Waals surface area (Å²) in [6, 6.07) is 8.42. The SMILES string of the molecule is O=C1Cc2c[c]ccc2N1. The third-order valence-corrected chi connectivity index (χ3v) is 1.57. The molecule has 0 unspecified atom stereocenters. The summed E-state index contributed by atoms with van der Waals surface area (Å²) >= 11 is 0. The molecule has 0 saturated carbocycles. The lowest BCUT2D eigenvalue weighted by molar-refractivity contribution is -0.115. The van der Waals surface area contributed by atoms with E-state index in [2.05, 4.69) is 11.4 Å². The number of benzene rings is 1. The van der Waals surface area contributed by atoms with E-state index < -0.39 is 0 Å². The summed E-state index contributed by atoms with van der Waals surface area (Å²) in [6.45, 7) is 0. The van der Waals surface area contributed by atoms with E-state index in [0.717, 1.165) is 11.3 Å². The Kier molecular flexibility index (Phi) is 1.01. The van der Waals surface area contributed by atoms with Crippen LogP contribution >= 0.6 is 0 Å². The van der Waals surface area contributed by atoms with Crippen molar-refractivity contribution in [3.63, 3.8) is 0 Å². The van der Waals surface area contributed by atoms with Crippen LogP contribution in [0.15, 0.2) is 18.2 Å². The molecule has 1 amide bonds. The minimum absolute atomic E-state index is 0.0783. The number of rotatable bonds is 0. The number of anilines is 1. The van der Waals surface area contributed by atoms with Gasteiger partial charge in [-0.3, -0.25) is 4.79 Å². The summed E-state index contributed by atoms with van der Waals surface area (Å²) < 4.78 is 0. The van der Waals surface area contributed by atoms with E-state index >= 15 is 0 Å². The molecule has 2 nitrogen and oxygen atoms in total. The van der Waals surface area contributed by atoms with Crippen molar-refractivity contribution in [2.75, 3.05) is 5.32 Å². The van der Waals surface area contributed by atoms with E-state index in [-0.39, 0.29) is 5.91 Å². The number of hydrogen-bond acceptors (Lipinski definition) is 1. The number of amides is 1. The molecule has 1 aromatic carbocycles. The van der Waals surface area contributed by atoms with E-state index in [1.807, 2.05) is 12.1 Å². The van der Waals surface area contributed by atoms with Crippen molar-refractivity contribution in [2.24, 2.45) is 0 Å². The van der Waals surface area contributed by atoms with Crippen molar-refractivity contribution >= 4 is 11.6 Å². The molecule has 0 bridgehead atoms. The Labute approximate surface area is 58.9 Å². The van der Waals surface area contributed by atoms with Crippen molar-refractivity contribution < 1.29 is 4.79 Å².